The van der Waals surface area contributed by atoms with Gasteiger partial charge in [0.05, 0.1) is 16.9 Å². The van der Waals surface area contributed by atoms with Gasteiger partial charge < -0.3 is 10.5 Å². The van der Waals surface area contributed by atoms with E-state index in [0.29, 0.717) is 27.8 Å². The highest BCUT2D eigenvalue weighted by Gasteiger charge is 2.18. The monoisotopic (exact) mass is 290 g/mol. The highest BCUT2D eigenvalue weighted by molar-refractivity contribution is 7.18. The van der Waals surface area contributed by atoms with Crippen LogP contribution < -0.4 is 10.5 Å². The van der Waals surface area contributed by atoms with Crippen LogP contribution in [0.5, 0.6) is 5.75 Å². The topological polar surface area (TPSA) is 95.7 Å². The number of nitrogen functional groups attached to an aromatic ring is 1. The van der Waals surface area contributed by atoms with Crippen molar-refractivity contribution in [3.8, 4) is 16.3 Å². The van der Waals surface area contributed by atoms with Gasteiger partial charge in [-0.05, 0) is 18.2 Å². The summed E-state index contributed by atoms with van der Waals surface area (Å²) in [5, 5.41) is 10.8. The number of thiophene rings is 1. The number of imidazole rings is 1. The Labute approximate surface area is 117 Å². The highest BCUT2D eigenvalue weighted by atomic mass is 32.1. The fourth-order valence-electron chi connectivity index (χ4n) is 1.95. The van der Waals surface area contributed by atoms with E-state index < -0.39 is 4.92 Å². The van der Waals surface area contributed by atoms with Crippen molar-refractivity contribution in [1.82, 2.24) is 9.38 Å². The van der Waals surface area contributed by atoms with Gasteiger partial charge >= 0.3 is 5.00 Å². The van der Waals surface area contributed by atoms with Gasteiger partial charge in [0.2, 0.25) is 0 Å². The van der Waals surface area contributed by atoms with Crippen LogP contribution in [0.3, 0.4) is 0 Å². The number of hydrogen-bond acceptors (Lipinski definition) is 6. The van der Waals surface area contributed by atoms with Gasteiger partial charge in [-0.3, -0.25) is 14.5 Å². The van der Waals surface area contributed by atoms with Crippen LogP contribution in [0.4, 0.5) is 10.8 Å². The first-order chi connectivity index (χ1) is 9.61. The first kappa shape index (κ1) is 12.4. The maximum atomic E-state index is 10.7. The predicted molar refractivity (Wildman–Crippen MR) is 76.1 cm³/mol. The Bertz CT molecular complexity index is 808. The molecule has 0 saturated heterocycles. The number of hydrogen-bond donors (Lipinski definition) is 1. The Kier molecular flexibility index (Phi) is 2.79. The molecule has 0 radical (unpaired) electrons. The van der Waals surface area contributed by atoms with Crippen molar-refractivity contribution in [3.63, 3.8) is 0 Å². The van der Waals surface area contributed by atoms with E-state index in [9.17, 15) is 10.1 Å². The van der Waals surface area contributed by atoms with E-state index >= 15 is 0 Å². The molecule has 0 aliphatic rings. The summed E-state index contributed by atoms with van der Waals surface area (Å²) >= 11 is 1.04. The molecule has 3 aromatic heterocycles. The molecule has 0 aromatic carbocycles. The molecule has 0 fully saturated rings. The van der Waals surface area contributed by atoms with E-state index in [2.05, 4.69) is 4.98 Å². The van der Waals surface area contributed by atoms with Crippen molar-refractivity contribution in [2.75, 3.05) is 12.8 Å². The Hall–Kier alpha value is -2.61. The van der Waals surface area contributed by atoms with E-state index in [1.54, 1.807) is 35.9 Å². The SMILES string of the molecule is COc1cccn2c(N)c(-c3ccc([N+](=O)[O-])s3)nc12. The number of methoxy groups -OCH3 is 1. The molecule has 8 heteroatoms. The molecule has 2 N–H and O–H groups in total. The van der Waals surface area contributed by atoms with Crippen molar-refractivity contribution in [1.29, 1.82) is 0 Å². The number of pyridine rings is 1. The lowest BCUT2D eigenvalue weighted by atomic mass is 10.3. The first-order valence-electron chi connectivity index (χ1n) is 5.67. The summed E-state index contributed by atoms with van der Waals surface area (Å²) in [6.07, 6.45) is 1.77. The van der Waals surface area contributed by atoms with Crippen LogP contribution in [-0.2, 0) is 0 Å². The average molecular weight is 290 g/mol. The zero-order chi connectivity index (χ0) is 14.3. The second kappa shape index (κ2) is 4.49. The van der Waals surface area contributed by atoms with E-state index in [1.807, 2.05) is 0 Å². The molecule has 0 bridgehead atoms. The molecule has 102 valence electrons. The van der Waals surface area contributed by atoms with Crippen molar-refractivity contribution >= 4 is 27.8 Å². The molecule has 3 heterocycles. The molecular weight excluding hydrogens is 280 g/mol. The van der Waals surface area contributed by atoms with Gasteiger partial charge in [-0.2, -0.15) is 0 Å². The summed E-state index contributed by atoms with van der Waals surface area (Å²) in [7, 11) is 1.55. The highest BCUT2D eigenvalue weighted by Crippen LogP contribution is 2.36. The van der Waals surface area contributed by atoms with Crippen LogP contribution in [0.25, 0.3) is 16.2 Å². The Morgan fingerprint density at radius 1 is 1.45 bits per heavy atom. The van der Waals surface area contributed by atoms with Crippen LogP contribution in [-0.4, -0.2) is 21.4 Å². The second-order valence-electron chi connectivity index (χ2n) is 4.01. The van der Waals surface area contributed by atoms with Gasteiger partial charge in [-0.1, -0.05) is 11.3 Å². The number of nitrogens with two attached hydrogens (primary N) is 1. The van der Waals surface area contributed by atoms with Crippen molar-refractivity contribution < 1.29 is 9.66 Å². The Morgan fingerprint density at radius 3 is 2.90 bits per heavy atom. The molecule has 3 rings (SSSR count). The minimum absolute atomic E-state index is 0.0587. The summed E-state index contributed by atoms with van der Waals surface area (Å²) < 4.78 is 6.93. The minimum Gasteiger partial charge on any atom is -0.493 e. The Balaban J connectivity index is 2.20. The van der Waals surface area contributed by atoms with E-state index in [1.165, 1.54) is 6.07 Å². The van der Waals surface area contributed by atoms with Crippen LogP contribution in [0.1, 0.15) is 0 Å². The first-order valence-corrected chi connectivity index (χ1v) is 6.48. The van der Waals surface area contributed by atoms with E-state index in [4.69, 9.17) is 10.5 Å². The van der Waals surface area contributed by atoms with Gasteiger partial charge in [-0.25, -0.2) is 4.98 Å². The normalized spacial score (nSPS) is 10.8. The molecule has 0 spiro atoms. The smallest absolute Gasteiger partial charge is 0.324 e. The molecule has 0 aliphatic heterocycles. The van der Waals surface area contributed by atoms with Crippen molar-refractivity contribution in [2.24, 2.45) is 0 Å². The standard InChI is InChI=1S/C12H10N4O3S/c1-19-7-3-2-6-15-11(13)10(14-12(7)15)8-4-5-9(20-8)16(17)18/h2-6H,13H2,1H3. The lowest BCUT2D eigenvalue weighted by Crippen LogP contribution is -1.94. The molecule has 3 aromatic rings. The third-order valence-electron chi connectivity index (χ3n) is 2.88. The Morgan fingerprint density at radius 2 is 2.25 bits per heavy atom. The quantitative estimate of drug-likeness (QED) is 0.590. The number of ether oxygens (including phenoxy) is 1. The second-order valence-corrected chi connectivity index (χ2v) is 5.07. The largest absolute Gasteiger partial charge is 0.493 e. The third-order valence-corrected chi connectivity index (χ3v) is 3.92. The van der Waals surface area contributed by atoms with Gasteiger partial charge in [0.15, 0.2) is 11.4 Å². The molecule has 0 saturated carbocycles. The number of nitrogens with zero attached hydrogens (tertiary/aromatic N) is 3. The number of anilines is 1. The molecule has 20 heavy (non-hydrogen) atoms. The summed E-state index contributed by atoms with van der Waals surface area (Å²) in [5.74, 6) is 1.02. The van der Waals surface area contributed by atoms with E-state index in [-0.39, 0.29) is 5.00 Å². The molecule has 0 amide bonds. The lowest BCUT2D eigenvalue weighted by Gasteiger charge is -2.01. The van der Waals surface area contributed by atoms with Gasteiger partial charge in [0.25, 0.3) is 0 Å². The number of nitro groups is 1. The fourth-order valence-corrected chi connectivity index (χ4v) is 2.77. The summed E-state index contributed by atoms with van der Waals surface area (Å²) in [5.41, 5.74) is 7.16. The zero-order valence-electron chi connectivity index (χ0n) is 10.4. The van der Waals surface area contributed by atoms with Crippen LogP contribution in [0.2, 0.25) is 0 Å². The van der Waals surface area contributed by atoms with Crippen LogP contribution >= 0.6 is 11.3 Å². The number of aromatic nitrogens is 2. The van der Waals surface area contributed by atoms with Crippen molar-refractivity contribution in [3.05, 3.63) is 40.6 Å². The van der Waals surface area contributed by atoms with Gasteiger partial charge in [0, 0.05) is 12.3 Å². The maximum absolute atomic E-state index is 10.7. The number of rotatable bonds is 3. The molecular formula is C12H10N4O3S. The minimum atomic E-state index is -0.430. The summed E-state index contributed by atoms with van der Waals surface area (Å²) in [4.78, 5) is 15.4. The zero-order valence-corrected chi connectivity index (χ0v) is 11.3. The van der Waals surface area contributed by atoms with E-state index in [0.717, 1.165) is 11.3 Å². The van der Waals surface area contributed by atoms with Crippen molar-refractivity contribution in [2.45, 2.75) is 0 Å². The maximum Gasteiger partial charge on any atom is 0.324 e. The van der Waals surface area contributed by atoms with Gasteiger partial charge in [0.1, 0.15) is 11.5 Å². The molecule has 0 atom stereocenters. The predicted octanol–water partition coefficient (Wildman–Crippen LogP) is 2.56. The van der Waals surface area contributed by atoms with Crippen LogP contribution in [0, 0.1) is 10.1 Å². The lowest BCUT2D eigenvalue weighted by molar-refractivity contribution is -0.380. The van der Waals surface area contributed by atoms with Gasteiger partial charge in [-0.15, -0.1) is 0 Å². The number of fused-ring (bicyclic) bond motifs is 1. The molecule has 0 unspecified atom stereocenters. The average Bonchev–Trinajstić information content (AvgIpc) is 3.04. The molecule has 7 nitrogen and oxygen atoms in total. The summed E-state index contributed by atoms with van der Waals surface area (Å²) in [6.45, 7) is 0. The molecule has 0 aliphatic carbocycles. The fraction of sp³-hybridized carbons (Fsp3) is 0.0833. The summed E-state index contributed by atoms with van der Waals surface area (Å²) in [6, 6.07) is 6.67. The van der Waals surface area contributed by atoms with Crippen LogP contribution in [0.15, 0.2) is 30.5 Å². The third kappa shape index (κ3) is 1.77.